The molecule has 2 amide bonds. The zero-order chi connectivity index (χ0) is 24.1. The molecule has 3 heterocycles. The molecule has 1 fully saturated rings. The average molecular weight is 483 g/mol. The highest BCUT2D eigenvalue weighted by Crippen LogP contribution is 2.34. The number of benzene rings is 1. The van der Waals surface area contributed by atoms with E-state index in [2.05, 4.69) is 36.1 Å². The fourth-order valence-corrected chi connectivity index (χ4v) is 5.06. The Hall–Kier alpha value is -2.55. The molecule has 1 aromatic heterocycles. The van der Waals surface area contributed by atoms with Gasteiger partial charge in [-0.3, -0.25) is 14.5 Å². The minimum Gasteiger partial charge on any atom is -0.379 e. The molecule has 4 rings (SSSR count). The second-order valence-electron chi connectivity index (χ2n) is 9.26. The molecule has 0 bridgehead atoms. The van der Waals surface area contributed by atoms with E-state index in [1.165, 1.54) is 5.56 Å². The number of ether oxygens (including phenoxy) is 1. The number of nitrogens with zero attached hydrogens (tertiary/aromatic N) is 4. The molecule has 1 saturated heterocycles. The smallest absolute Gasteiger partial charge is 0.262 e. The van der Waals surface area contributed by atoms with E-state index in [1.807, 2.05) is 31.4 Å². The van der Waals surface area contributed by atoms with E-state index in [-0.39, 0.29) is 30.3 Å². The molecule has 2 aliphatic heterocycles. The molecule has 2 aliphatic rings. The van der Waals surface area contributed by atoms with Crippen LogP contribution >= 0.6 is 11.3 Å². The van der Waals surface area contributed by atoms with Crippen molar-refractivity contribution in [2.75, 3.05) is 45.9 Å². The first-order valence-corrected chi connectivity index (χ1v) is 12.9. The fourth-order valence-electron chi connectivity index (χ4n) is 4.33. The lowest BCUT2D eigenvalue weighted by Crippen LogP contribution is -2.47. The maximum atomic E-state index is 13.6. The van der Waals surface area contributed by atoms with Gasteiger partial charge in [0.05, 0.1) is 29.8 Å². The number of thiophene rings is 1. The van der Waals surface area contributed by atoms with E-state index >= 15 is 0 Å². The van der Waals surface area contributed by atoms with Crippen molar-refractivity contribution in [1.29, 1.82) is 0 Å². The quantitative estimate of drug-likeness (QED) is 0.577. The molecular formula is C26H34N4O3S. The molecule has 0 unspecified atom stereocenters. The Morgan fingerprint density at radius 1 is 1.18 bits per heavy atom. The zero-order valence-electron chi connectivity index (χ0n) is 20.3. The Bertz CT molecular complexity index is 998. The summed E-state index contributed by atoms with van der Waals surface area (Å²) in [5, 5.41) is 8.40. The van der Waals surface area contributed by atoms with Gasteiger partial charge in [-0.1, -0.05) is 49.7 Å². The van der Waals surface area contributed by atoms with Crippen LogP contribution in [0.1, 0.15) is 42.3 Å². The highest BCUT2D eigenvalue weighted by Gasteiger charge is 2.35. The van der Waals surface area contributed by atoms with Crippen molar-refractivity contribution in [1.82, 2.24) is 14.8 Å². The molecular weight excluding hydrogens is 448 g/mol. The van der Waals surface area contributed by atoms with Crippen LogP contribution in [0.4, 0.5) is 0 Å². The number of morpholine rings is 1. The van der Waals surface area contributed by atoms with Gasteiger partial charge in [0.1, 0.15) is 6.54 Å². The Kier molecular flexibility index (Phi) is 8.13. The molecule has 2 aromatic rings. The van der Waals surface area contributed by atoms with E-state index in [0.717, 1.165) is 35.8 Å². The van der Waals surface area contributed by atoms with Crippen LogP contribution in [0.5, 0.6) is 0 Å². The third kappa shape index (κ3) is 5.92. The number of rotatable bonds is 8. The van der Waals surface area contributed by atoms with E-state index in [0.29, 0.717) is 26.2 Å². The Balaban J connectivity index is 1.52. The van der Waals surface area contributed by atoms with E-state index in [1.54, 1.807) is 21.2 Å². The van der Waals surface area contributed by atoms with Crippen LogP contribution < -0.4 is 0 Å². The second kappa shape index (κ2) is 11.3. The summed E-state index contributed by atoms with van der Waals surface area (Å²) in [4.78, 5) is 31.6. The number of carbonyl (C=O) groups is 2. The molecule has 7 nitrogen and oxygen atoms in total. The van der Waals surface area contributed by atoms with Crippen molar-refractivity contribution < 1.29 is 14.3 Å². The number of carbonyl (C=O) groups excluding carboxylic acids is 2. The van der Waals surface area contributed by atoms with Gasteiger partial charge in [0, 0.05) is 38.5 Å². The Labute approximate surface area is 206 Å². The van der Waals surface area contributed by atoms with Crippen LogP contribution in [0.3, 0.4) is 0 Å². The van der Waals surface area contributed by atoms with Crippen molar-refractivity contribution in [2.45, 2.75) is 33.2 Å². The first kappa shape index (κ1) is 24.6. The predicted octanol–water partition coefficient (Wildman–Crippen LogP) is 3.55. The normalized spacial score (nSPS) is 18.9. The molecule has 0 saturated carbocycles. The van der Waals surface area contributed by atoms with Gasteiger partial charge in [-0.2, -0.15) is 5.10 Å². The molecule has 8 heteroatoms. The topological polar surface area (TPSA) is 65.5 Å². The zero-order valence-corrected chi connectivity index (χ0v) is 21.1. The standard InChI is InChI=1S/C26H34N4O3S/c1-19(2)26(32)29(11-10-28-12-14-33-15-13-28)18-25(31)30-23(21-8-6-20(3)7-9-21)17-22(27-30)24-5-4-16-34-24/h4-9,16,19,23H,10-15,17-18H2,1-3H3/t23-/m1/s1. The third-order valence-corrected chi connectivity index (χ3v) is 7.27. The lowest BCUT2D eigenvalue weighted by Gasteiger charge is -2.31. The predicted molar refractivity (Wildman–Crippen MR) is 135 cm³/mol. The molecule has 0 N–H and O–H groups in total. The number of hydrogen-bond donors (Lipinski definition) is 0. The molecule has 0 spiro atoms. The molecule has 34 heavy (non-hydrogen) atoms. The molecule has 0 radical (unpaired) electrons. The fraction of sp³-hybridized carbons (Fsp3) is 0.500. The molecule has 1 aromatic carbocycles. The van der Waals surface area contributed by atoms with Gasteiger partial charge in [-0.25, -0.2) is 5.01 Å². The van der Waals surface area contributed by atoms with Crippen molar-refractivity contribution in [3.05, 3.63) is 57.8 Å². The first-order valence-electron chi connectivity index (χ1n) is 12.0. The summed E-state index contributed by atoms with van der Waals surface area (Å²) in [6.07, 6.45) is 0.668. The van der Waals surface area contributed by atoms with E-state index in [9.17, 15) is 9.59 Å². The summed E-state index contributed by atoms with van der Waals surface area (Å²) in [7, 11) is 0. The van der Waals surface area contributed by atoms with Gasteiger partial charge < -0.3 is 9.64 Å². The average Bonchev–Trinajstić information content (AvgIpc) is 3.52. The van der Waals surface area contributed by atoms with Gasteiger partial charge in [-0.15, -0.1) is 11.3 Å². The lowest BCUT2D eigenvalue weighted by atomic mass is 10.00. The lowest BCUT2D eigenvalue weighted by molar-refractivity contribution is -0.143. The van der Waals surface area contributed by atoms with E-state index < -0.39 is 0 Å². The largest absolute Gasteiger partial charge is 0.379 e. The van der Waals surface area contributed by atoms with Crippen molar-refractivity contribution >= 4 is 28.9 Å². The van der Waals surface area contributed by atoms with E-state index in [4.69, 9.17) is 9.84 Å². The molecule has 182 valence electrons. The first-order chi connectivity index (χ1) is 16.4. The summed E-state index contributed by atoms with van der Waals surface area (Å²) in [6, 6.07) is 12.2. The Morgan fingerprint density at radius 3 is 2.56 bits per heavy atom. The summed E-state index contributed by atoms with van der Waals surface area (Å²) < 4.78 is 5.43. The van der Waals surface area contributed by atoms with Crippen LogP contribution in [-0.4, -0.2) is 78.3 Å². The number of aryl methyl sites for hydroxylation is 1. The van der Waals surface area contributed by atoms with Gasteiger partial charge in [0.15, 0.2) is 0 Å². The van der Waals surface area contributed by atoms with Gasteiger partial charge >= 0.3 is 0 Å². The molecule has 1 atom stereocenters. The SMILES string of the molecule is Cc1ccc([C@H]2CC(c3cccs3)=NN2C(=O)CN(CCN2CCOCC2)C(=O)C(C)C)cc1. The van der Waals surface area contributed by atoms with Crippen molar-refractivity contribution in [3.8, 4) is 0 Å². The highest BCUT2D eigenvalue weighted by molar-refractivity contribution is 7.12. The third-order valence-electron chi connectivity index (χ3n) is 6.36. The van der Waals surface area contributed by atoms with Crippen molar-refractivity contribution in [2.24, 2.45) is 11.0 Å². The maximum Gasteiger partial charge on any atom is 0.262 e. The minimum atomic E-state index is -0.172. The monoisotopic (exact) mass is 482 g/mol. The van der Waals surface area contributed by atoms with Crippen LogP contribution in [0.25, 0.3) is 0 Å². The summed E-state index contributed by atoms with van der Waals surface area (Å²) >= 11 is 1.63. The highest BCUT2D eigenvalue weighted by atomic mass is 32.1. The van der Waals surface area contributed by atoms with Crippen molar-refractivity contribution in [3.63, 3.8) is 0 Å². The minimum absolute atomic E-state index is 0.00449. The van der Waals surface area contributed by atoms with Crippen LogP contribution in [0.15, 0.2) is 46.9 Å². The maximum absolute atomic E-state index is 13.6. The van der Waals surface area contributed by atoms with Gasteiger partial charge in [0.25, 0.3) is 5.91 Å². The summed E-state index contributed by atoms with van der Waals surface area (Å²) in [5.41, 5.74) is 3.16. The number of hydrazone groups is 1. The van der Waals surface area contributed by atoms with Crippen LogP contribution in [-0.2, 0) is 14.3 Å². The summed E-state index contributed by atoms with van der Waals surface area (Å²) in [6.45, 7) is 10.2. The Morgan fingerprint density at radius 2 is 1.91 bits per heavy atom. The number of amides is 2. The van der Waals surface area contributed by atoms with Crippen LogP contribution in [0.2, 0.25) is 0 Å². The van der Waals surface area contributed by atoms with Crippen LogP contribution in [0, 0.1) is 12.8 Å². The van der Waals surface area contributed by atoms with Gasteiger partial charge in [-0.05, 0) is 23.9 Å². The summed E-state index contributed by atoms with van der Waals surface area (Å²) in [5.74, 6) is -0.322. The molecule has 0 aliphatic carbocycles. The van der Waals surface area contributed by atoms with Gasteiger partial charge in [0.2, 0.25) is 5.91 Å². The number of hydrogen-bond acceptors (Lipinski definition) is 6. The second-order valence-corrected chi connectivity index (χ2v) is 10.2.